The highest BCUT2D eigenvalue weighted by Crippen LogP contribution is 2.47. The Bertz CT molecular complexity index is 1300. The highest BCUT2D eigenvalue weighted by molar-refractivity contribution is 5.99. The van der Waals surface area contributed by atoms with Crippen molar-refractivity contribution in [3.63, 3.8) is 0 Å². The molecule has 2 N–H and O–H groups in total. The number of aromatic nitrogens is 2. The first-order chi connectivity index (χ1) is 20.2. The van der Waals surface area contributed by atoms with Crippen molar-refractivity contribution < 1.29 is 19.0 Å². The van der Waals surface area contributed by atoms with Crippen LogP contribution in [0, 0.1) is 5.92 Å². The molecule has 1 aromatic heterocycles. The number of aldehydes is 1. The molecule has 1 saturated carbocycles. The van der Waals surface area contributed by atoms with Crippen molar-refractivity contribution in [2.75, 3.05) is 56.7 Å². The number of carbonyl (C=O) groups is 1. The van der Waals surface area contributed by atoms with Crippen LogP contribution in [-0.2, 0) is 16.1 Å². The summed E-state index contributed by atoms with van der Waals surface area (Å²) in [4.78, 5) is 22.5. The van der Waals surface area contributed by atoms with Crippen LogP contribution in [0.25, 0.3) is 10.9 Å². The number of benzene rings is 2. The number of anilines is 2. The van der Waals surface area contributed by atoms with Crippen molar-refractivity contribution in [1.82, 2.24) is 15.3 Å². The quantitative estimate of drug-likeness (QED) is 0.168. The Labute approximate surface area is 243 Å². The third kappa shape index (κ3) is 7.65. The van der Waals surface area contributed by atoms with Gasteiger partial charge in [-0.05, 0) is 75.7 Å². The van der Waals surface area contributed by atoms with Crippen LogP contribution in [0.15, 0.2) is 36.7 Å². The van der Waals surface area contributed by atoms with Crippen LogP contribution in [0.5, 0.6) is 11.5 Å². The molecule has 1 aliphatic heterocycles. The predicted octanol–water partition coefficient (Wildman–Crippen LogP) is 5.29. The van der Waals surface area contributed by atoms with E-state index >= 15 is 0 Å². The normalized spacial score (nSPS) is 15.3. The van der Waals surface area contributed by atoms with E-state index in [1.165, 1.54) is 12.8 Å². The summed E-state index contributed by atoms with van der Waals surface area (Å²) < 4.78 is 18.4. The Kier molecular flexibility index (Phi) is 10.3. The van der Waals surface area contributed by atoms with E-state index in [1.54, 1.807) is 6.33 Å². The highest BCUT2D eigenvalue weighted by Gasteiger charge is 2.31. The van der Waals surface area contributed by atoms with E-state index in [1.807, 2.05) is 7.05 Å². The van der Waals surface area contributed by atoms with Crippen LogP contribution in [0.2, 0.25) is 0 Å². The van der Waals surface area contributed by atoms with Crippen LogP contribution in [0.1, 0.15) is 62.6 Å². The number of hydrogen-bond acceptors (Lipinski definition) is 9. The molecule has 1 aliphatic carbocycles. The first-order valence-corrected chi connectivity index (χ1v) is 15.0. The standard InChI is InChI=1S/C32H43N5O4/c1-23(26-9-6-8-25(18-26)21-39-15-7-12-33-2)36-32-27-19-28-30(41-17-13-37(28)20-24-10-11-24)31(29(27)34-22-35-32)40-16-5-3-4-14-38/h6,8-9,14,18-19,22-24,33H,3-5,7,10-13,15-17,20-21H2,1-2H3,(H,34,35,36). The number of hydrogen-bond donors (Lipinski definition) is 2. The lowest BCUT2D eigenvalue weighted by atomic mass is 10.0. The Hall–Kier alpha value is -3.43. The lowest BCUT2D eigenvalue weighted by Gasteiger charge is -2.33. The molecule has 2 heterocycles. The molecule has 0 radical (unpaired) electrons. The highest BCUT2D eigenvalue weighted by atomic mass is 16.5. The molecule has 0 saturated heterocycles. The first-order valence-electron chi connectivity index (χ1n) is 15.0. The molecule has 1 atom stereocenters. The van der Waals surface area contributed by atoms with E-state index in [0.717, 1.165) is 97.0 Å². The second kappa shape index (κ2) is 14.5. The van der Waals surface area contributed by atoms with Gasteiger partial charge in [0.2, 0.25) is 0 Å². The zero-order valence-electron chi connectivity index (χ0n) is 24.4. The summed E-state index contributed by atoms with van der Waals surface area (Å²) in [5.41, 5.74) is 4.10. The number of nitrogens with zero attached hydrogens (tertiary/aromatic N) is 3. The van der Waals surface area contributed by atoms with Gasteiger partial charge in [-0.2, -0.15) is 0 Å². The van der Waals surface area contributed by atoms with E-state index < -0.39 is 0 Å². The molecule has 2 aromatic carbocycles. The molecule has 2 aliphatic rings. The van der Waals surface area contributed by atoms with Crippen molar-refractivity contribution >= 4 is 28.7 Å². The molecule has 3 aromatic rings. The minimum atomic E-state index is 0.0138. The van der Waals surface area contributed by atoms with Gasteiger partial charge < -0.3 is 34.5 Å². The lowest BCUT2D eigenvalue weighted by molar-refractivity contribution is -0.107. The topological polar surface area (TPSA) is 97.8 Å². The summed E-state index contributed by atoms with van der Waals surface area (Å²) in [6, 6.07) is 10.7. The summed E-state index contributed by atoms with van der Waals surface area (Å²) in [6.07, 6.45) is 8.24. The van der Waals surface area contributed by atoms with Crippen molar-refractivity contribution in [3.05, 3.63) is 47.8 Å². The van der Waals surface area contributed by atoms with Gasteiger partial charge in [0.25, 0.3) is 0 Å². The molecule has 0 amide bonds. The van der Waals surface area contributed by atoms with Gasteiger partial charge in [0, 0.05) is 31.0 Å². The molecular formula is C32H43N5O4. The number of unbranched alkanes of at least 4 members (excludes halogenated alkanes) is 2. The number of fused-ring (bicyclic) bond motifs is 2. The molecular weight excluding hydrogens is 518 g/mol. The first kappa shape index (κ1) is 29.1. The summed E-state index contributed by atoms with van der Waals surface area (Å²) in [5.74, 6) is 2.94. The number of ether oxygens (including phenoxy) is 3. The van der Waals surface area contributed by atoms with E-state index in [4.69, 9.17) is 14.2 Å². The van der Waals surface area contributed by atoms with Crippen molar-refractivity contribution in [3.8, 4) is 11.5 Å². The summed E-state index contributed by atoms with van der Waals surface area (Å²) >= 11 is 0. The average molecular weight is 562 g/mol. The summed E-state index contributed by atoms with van der Waals surface area (Å²) in [7, 11) is 1.96. The molecule has 1 unspecified atom stereocenters. The van der Waals surface area contributed by atoms with Gasteiger partial charge in [0.05, 0.1) is 25.4 Å². The maximum atomic E-state index is 10.8. The monoisotopic (exact) mass is 561 g/mol. The smallest absolute Gasteiger partial charge is 0.189 e. The Morgan fingerprint density at radius 3 is 2.90 bits per heavy atom. The fraction of sp³-hybridized carbons (Fsp3) is 0.531. The molecule has 5 rings (SSSR count). The van der Waals surface area contributed by atoms with Crippen molar-refractivity contribution in [2.24, 2.45) is 5.92 Å². The van der Waals surface area contributed by atoms with Gasteiger partial charge in [0.1, 0.15) is 30.6 Å². The zero-order chi connectivity index (χ0) is 28.4. The molecule has 9 heteroatoms. The van der Waals surface area contributed by atoms with Crippen LogP contribution in [0.4, 0.5) is 11.5 Å². The number of rotatable bonds is 17. The average Bonchev–Trinajstić information content (AvgIpc) is 3.81. The lowest BCUT2D eigenvalue weighted by Crippen LogP contribution is -2.34. The van der Waals surface area contributed by atoms with Gasteiger partial charge in [-0.15, -0.1) is 0 Å². The summed E-state index contributed by atoms with van der Waals surface area (Å²) in [6.45, 7) is 7.42. The fourth-order valence-electron chi connectivity index (χ4n) is 5.23. The second-order valence-corrected chi connectivity index (χ2v) is 11.0. The third-order valence-electron chi connectivity index (χ3n) is 7.69. The minimum absolute atomic E-state index is 0.0138. The van der Waals surface area contributed by atoms with Crippen LogP contribution >= 0.6 is 0 Å². The molecule has 0 spiro atoms. The van der Waals surface area contributed by atoms with E-state index in [0.29, 0.717) is 32.0 Å². The number of nitrogens with one attached hydrogen (secondary N) is 2. The second-order valence-electron chi connectivity index (χ2n) is 11.0. The zero-order valence-corrected chi connectivity index (χ0v) is 24.4. The minimum Gasteiger partial charge on any atom is -0.487 e. The molecule has 9 nitrogen and oxygen atoms in total. The Morgan fingerprint density at radius 2 is 2.07 bits per heavy atom. The molecule has 1 fully saturated rings. The summed E-state index contributed by atoms with van der Waals surface area (Å²) in [5, 5.41) is 7.71. The SMILES string of the molecule is CNCCCOCc1cccc(C(C)Nc2ncnc3c(OCCCCC=O)c4c(cc23)N(CC2CC2)CCO4)c1. The van der Waals surface area contributed by atoms with Gasteiger partial charge in [-0.3, -0.25) is 0 Å². The maximum absolute atomic E-state index is 10.8. The van der Waals surface area contributed by atoms with E-state index in [-0.39, 0.29) is 6.04 Å². The van der Waals surface area contributed by atoms with E-state index in [2.05, 4.69) is 62.8 Å². The fourth-order valence-corrected chi connectivity index (χ4v) is 5.23. The van der Waals surface area contributed by atoms with Crippen molar-refractivity contribution in [2.45, 2.75) is 58.1 Å². The van der Waals surface area contributed by atoms with Gasteiger partial charge in [-0.25, -0.2) is 9.97 Å². The van der Waals surface area contributed by atoms with Gasteiger partial charge in [-0.1, -0.05) is 24.3 Å². The van der Waals surface area contributed by atoms with Crippen LogP contribution < -0.4 is 25.0 Å². The van der Waals surface area contributed by atoms with Gasteiger partial charge >= 0.3 is 0 Å². The maximum Gasteiger partial charge on any atom is 0.189 e. The third-order valence-corrected chi connectivity index (χ3v) is 7.69. The van der Waals surface area contributed by atoms with Crippen LogP contribution in [0.3, 0.4) is 0 Å². The van der Waals surface area contributed by atoms with Crippen LogP contribution in [-0.4, -0.2) is 62.8 Å². The molecule has 41 heavy (non-hydrogen) atoms. The predicted molar refractivity (Wildman–Crippen MR) is 162 cm³/mol. The Morgan fingerprint density at radius 1 is 1.17 bits per heavy atom. The largest absolute Gasteiger partial charge is 0.487 e. The Balaban J connectivity index is 1.40. The van der Waals surface area contributed by atoms with E-state index in [9.17, 15) is 4.79 Å². The molecule has 220 valence electrons. The number of carbonyl (C=O) groups excluding carboxylic acids is 1. The van der Waals surface area contributed by atoms with Gasteiger partial charge in [0.15, 0.2) is 11.5 Å². The molecule has 0 bridgehead atoms. The van der Waals surface area contributed by atoms with Crippen molar-refractivity contribution in [1.29, 1.82) is 0 Å².